The van der Waals surface area contributed by atoms with Gasteiger partial charge < -0.3 is 9.47 Å². The topological polar surface area (TPSA) is 51.7 Å². The van der Waals surface area contributed by atoms with Gasteiger partial charge in [-0.15, -0.1) is 0 Å². The minimum atomic E-state index is -0.473. The SMILES string of the molecule is Cc1c2c(nc3c1CCO3)CN(C(=O)OC(C)(C)C)C2. The van der Waals surface area contributed by atoms with Crippen molar-refractivity contribution in [3.05, 3.63) is 22.4 Å². The van der Waals surface area contributed by atoms with Crippen LogP contribution in [0.15, 0.2) is 0 Å². The van der Waals surface area contributed by atoms with Gasteiger partial charge in [0.25, 0.3) is 0 Å². The van der Waals surface area contributed by atoms with Gasteiger partial charge >= 0.3 is 6.09 Å². The lowest BCUT2D eigenvalue weighted by molar-refractivity contribution is 0.0240. The van der Waals surface area contributed by atoms with E-state index in [1.807, 2.05) is 20.8 Å². The number of nitrogens with zero attached hydrogens (tertiary/aromatic N) is 2. The molecule has 20 heavy (non-hydrogen) atoms. The van der Waals surface area contributed by atoms with Crippen molar-refractivity contribution in [3.8, 4) is 5.88 Å². The van der Waals surface area contributed by atoms with Crippen LogP contribution >= 0.6 is 0 Å². The first kappa shape index (κ1) is 13.2. The molecule has 0 fully saturated rings. The number of carbonyl (C=O) groups excluding carboxylic acids is 1. The van der Waals surface area contributed by atoms with E-state index in [9.17, 15) is 4.79 Å². The molecule has 2 aliphatic heterocycles. The van der Waals surface area contributed by atoms with Gasteiger partial charge in [0.05, 0.1) is 25.4 Å². The Kier molecular flexibility index (Phi) is 2.88. The molecule has 0 unspecified atom stereocenters. The highest BCUT2D eigenvalue weighted by Gasteiger charge is 2.32. The van der Waals surface area contributed by atoms with Crippen molar-refractivity contribution in [1.82, 2.24) is 9.88 Å². The lowest BCUT2D eigenvalue weighted by Gasteiger charge is -2.24. The van der Waals surface area contributed by atoms with E-state index < -0.39 is 5.60 Å². The van der Waals surface area contributed by atoms with E-state index in [-0.39, 0.29) is 6.09 Å². The molecule has 1 amide bonds. The van der Waals surface area contributed by atoms with Crippen molar-refractivity contribution >= 4 is 6.09 Å². The predicted molar refractivity (Wildman–Crippen MR) is 73.7 cm³/mol. The molecule has 0 N–H and O–H groups in total. The zero-order valence-electron chi connectivity index (χ0n) is 12.4. The first-order chi connectivity index (χ1) is 9.35. The Bertz CT molecular complexity index is 575. The predicted octanol–water partition coefficient (Wildman–Crippen LogP) is 2.58. The summed E-state index contributed by atoms with van der Waals surface area (Å²) in [7, 11) is 0. The molecule has 1 aromatic heterocycles. The summed E-state index contributed by atoms with van der Waals surface area (Å²) in [6.07, 6.45) is 0.629. The molecule has 0 aromatic carbocycles. The van der Waals surface area contributed by atoms with Gasteiger partial charge in [0, 0.05) is 12.0 Å². The van der Waals surface area contributed by atoms with Gasteiger partial charge in [-0.2, -0.15) is 0 Å². The molecule has 0 saturated carbocycles. The van der Waals surface area contributed by atoms with Crippen LogP contribution in [-0.4, -0.2) is 28.2 Å². The molecule has 0 radical (unpaired) electrons. The zero-order valence-corrected chi connectivity index (χ0v) is 12.4. The summed E-state index contributed by atoms with van der Waals surface area (Å²) < 4.78 is 11.0. The second kappa shape index (κ2) is 4.36. The molecule has 0 atom stereocenters. The van der Waals surface area contributed by atoms with Crippen LogP contribution in [0.4, 0.5) is 4.79 Å². The van der Waals surface area contributed by atoms with E-state index in [4.69, 9.17) is 9.47 Å². The summed E-state index contributed by atoms with van der Waals surface area (Å²) in [5.74, 6) is 0.743. The molecule has 5 nitrogen and oxygen atoms in total. The maximum absolute atomic E-state index is 12.1. The number of pyridine rings is 1. The minimum Gasteiger partial charge on any atom is -0.477 e. The summed E-state index contributed by atoms with van der Waals surface area (Å²) >= 11 is 0. The molecule has 5 heteroatoms. The van der Waals surface area contributed by atoms with Gasteiger partial charge in [-0.3, -0.25) is 4.90 Å². The second-order valence-corrected chi connectivity index (χ2v) is 6.38. The number of hydrogen-bond donors (Lipinski definition) is 0. The number of ether oxygens (including phenoxy) is 2. The second-order valence-electron chi connectivity index (χ2n) is 6.38. The van der Waals surface area contributed by atoms with E-state index in [2.05, 4.69) is 11.9 Å². The average Bonchev–Trinajstić information content (AvgIpc) is 2.92. The number of carbonyl (C=O) groups is 1. The van der Waals surface area contributed by atoms with Crippen LogP contribution < -0.4 is 4.74 Å². The number of fused-ring (bicyclic) bond motifs is 2. The first-order valence-corrected chi connectivity index (χ1v) is 6.97. The van der Waals surface area contributed by atoms with Gasteiger partial charge in [0.1, 0.15) is 5.60 Å². The van der Waals surface area contributed by atoms with Crippen molar-refractivity contribution in [1.29, 1.82) is 0 Å². The normalized spacial score (nSPS) is 16.7. The molecule has 1 aromatic rings. The number of rotatable bonds is 0. The van der Waals surface area contributed by atoms with Crippen LogP contribution in [0, 0.1) is 6.92 Å². The van der Waals surface area contributed by atoms with E-state index in [1.54, 1.807) is 4.90 Å². The highest BCUT2D eigenvalue weighted by molar-refractivity contribution is 5.69. The summed E-state index contributed by atoms with van der Waals surface area (Å²) in [6, 6.07) is 0. The first-order valence-electron chi connectivity index (χ1n) is 6.97. The maximum atomic E-state index is 12.1. The molecule has 0 spiro atoms. The van der Waals surface area contributed by atoms with Crippen LogP contribution in [0.2, 0.25) is 0 Å². The summed E-state index contributed by atoms with van der Waals surface area (Å²) in [5.41, 5.74) is 4.02. The van der Waals surface area contributed by atoms with Gasteiger partial charge in [-0.05, 0) is 38.8 Å². The fraction of sp³-hybridized carbons (Fsp3) is 0.600. The Balaban J connectivity index is 1.83. The largest absolute Gasteiger partial charge is 0.477 e. The molecule has 108 valence electrons. The van der Waals surface area contributed by atoms with Crippen LogP contribution in [0.1, 0.15) is 43.2 Å². The maximum Gasteiger partial charge on any atom is 0.410 e. The summed E-state index contributed by atoms with van der Waals surface area (Å²) in [5, 5.41) is 0. The zero-order chi connectivity index (χ0) is 14.5. The molecule has 0 bridgehead atoms. The van der Waals surface area contributed by atoms with E-state index >= 15 is 0 Å². The van der Waals surface area contributed by atoms with E-state index in [1.165, 1.54) is 11.1 Å². The van der Waals surface area contributed by atoms with Crippen molar-refractivity contribution < 1.29 is 14.3 Å². The van der Waals surface area contributed by atoms with Gasteiger partial charge in [-0.1, -0.05) is 0 Å². The van der Waals surface area contributed by atoms with Gasteiger partial charge in [-0.25, -0.2) is 9.78 Å². The third-order valence-corrected chi connectivity index (χ3v) is 3.68. The Hall–Kier alpha value is -1.78. The van der Waals surface area contributed by atoms with Crippen molar-refractivity contribution in [3.63, 3.8) is 0 Å². The molecular formula is C15H20N2O3. The summed E-state index contributed by atoms with van der Waals surface area (Å²) in [6.45, 7) is 9.51. The van der Waals surface area contributed by atoms with E-state index in [0.717, 1.165) is 23.6 Å². The lowest BCUT2D eigenvalue weighted by atomic mass is 10.0. The van der Waals surface area contributed by atoms with E-state index in [0.29, 0.717) is 19.7 Å². The Morgan fingerprint density at radius 1 is 1.30 bits per heavy atom. The molecule has 3 heterocycles. The smallest absolute Gasteiger partial charge is 0.410 e. The molecule has 2 aliphatic rings. The Labute approximate surface area is 118 Å². The lowest BCUT2D eigenvalue weighted by Crippen LogP contribution is -2.33. The fourth-order valence-corrected chi connectivity index (χ4v) is 2.70. The van der Waals surface area contributed by atoms with Crippen LogP contribution in [0.3, 0.4) is 0 Å². The Morgan fingerprint density at radius 3 is 2.75 bits per heavy atom. The third kappa shape index (κ3) is 2.21. The quantitative estimate of drug-likeness (QED) is 0.731. The highest BCUT2D eigenvalue weighted by atomic mass is 16.6. The van der Waals surface area contributed by atoms with Crippen molar-refractivity contribution in [2.45, 2.75) is 52.8 Å². The van der Waals surface area contributed by atoms with Gasteiger partial charge in [0.2, 0.25) is 5.88 Å². The highest BCUT2D eigenvalue weighted by Crippen LogP contribution is 2.34. The molecular weight excluding hydrogens is 256 g/mol. The number of aromatic nitrogens is 1. The fourth-order valence-electron chi connectivity index (χ4n) is 2.70. The summed E-state index contributed by atoms with van der Waals surface area (Å²) in [4.78, 5) is 18.4. The standard InChI is InChI=1S/C15H20N2O3/c1-9-10-5-6-19-13(10)16-12-8-17(7-11(9)12)14(18)20-15(2,3)4/h5-8H2,1-4H3. The minimum absolute atomic E-state index is 0.282. The van der Waals surface area contributed by atoms with Crippen LogP contribution in [0.5, 0.6) is 5.88 Å². The van der Waals surface area contributed by atoms with Gasteiger partial charge in [0.15, 0.2) is 0 Å². The van der Waals surface area contributed by atoms with Crippen LogP contribution in [-0.2, 0) is 24.2 Å². The molecule has 0 saturated heterocycles. The average molecular weight is 276 g/mol. The number of amides is 1. The molecule has 0 aliphatic carbocycles. The van der Waals surface area contributed by atoms with Crippen molar-refractivity contribution in [2.24, 2.45) is 0 Å². The van der Waals surface area contributed by atoms with Crippen molar-refractivity contribution in [2.75, 3.05) is 6.61 Å². The monoisotopic (exact) mass is 276 g/mol. The Morgan fingerprint density at radius 2 is 2.05 bits per heavy atom. The molecule has 3 rings (SSSR count). The van der Waals surface area contributed by atoms with Crippen LogP contribution in [0.25, 0.3) is 0 Å². The number of hydrogen-bond acceptors (Lipinski definition) is 4. The third-order valence-electron chi connectivity index (χ3n) is 3.68.